The van der Waals surface area contributed by atoms with Crippen LogP contribution in [0.3, 0.4) is 0 Å². The number of nitrogens with zero attached hydrogens (tertiary/aromatic N) is 4. The molecule has 0 spiro atoms. The molecular weight excluding hydrogens is 401 g/mol. The number of nitrogens with one attached hydrogen (secondary N) is 1. The zero-order valence-corrected chi connectivity index (χ0v) is 17.7. The van der Waals surface area contributed by atoms with E-state index in [4.69, 9.17) is 4.74 Å². The van der Waals surface area contributed by atoms with Gasteiger partial charge in [0.1, 0.15) is 11.6 Å². The summed E-state index contributed by atoms with van der Waals surface area (Å²) in [5.41, 5.74) is 1.25. The Morgan fingerprint density at radius 3 is 2.71 bits per heavy atom. The molecule has 2 aliphatic heterocycles. The van der Waals surface area contributed by atoms with Gasteiger partial charge in [0.2, 0.25) is 11.9 Å². The summed E-state index contributed by atoms with van der Waals surface area (Å²) in [7, 11) is 0. The average molecular weight is 427 g/mol. The minimum absolute atomic E-state index is 0.000522. The quantitative estimate of drug-likeness (QED) is 0.763. The molecule has 1 N–H and O–H groups in total. The zero-order valence-electron chi connectivity index (χ0n) is 17.7. The van der Waals surface area contributed by atoms with Crippen molar-refractivity contribution in [2.75, 3.05) is 36.5 Å². The van der Waals surface area contributed by atoms with E-state index in [0.717, 1.165) is 18.4 Å². The van der Waals surface area contributed by atoms with Gasteiger partial charge in [0.15, 0.2) is 0 Å². The Morgan fingerprint density at radius 2 is 2.00 bits per heavy atom. The SMILES string of the molecule is CCC(CC)N1C(=O)Cc2cnc(Nc3cc(C(=O)N4CCOCC4)ccc3F)nc21. The molecule has 1 aromatic heterocycles. The van der Waals surface area contributed by atoms with Gasteiger partial charge < -0.3 is 15.0 Å². The second-order valence-electron chi connectivity index (χ2n) is 7.68. The molecular formula is C22H26FN5O3. The predicted molar refractivity (Wildman–Crippen MR) is 114 cm³/mol. The van der Waals surface area contributed by atoms with Crippen LogP contribution in [-0.4, -0.2) is 59.0 Å². The molecule has 4 rings (SSSR count). The molecule has 1 saturated heterocycles. The van der Waals surface area contributed by atoms with Crippen LogP contribution in [0, 0.1) is 5.82 Å². The number of fused-ring (bicyclic) bond motifs is 1. The van der Waals surface area contributed by atoms with Gasteiger partial charge in [-0.2, -0.15) is 4.98 Å². The minimum atomic E-state index is -0.518. The number of anilines is 3. The van der Waals surface area contributed by atoms with Crippen molar-refractivity contribution in [2.45, 2.75) is 39.2 Å². The summed E-state index contributed by atoms with van der Waals surface area (Å²) >= 11 is 0. The lowest BCUT2D eigenvalue weighted by Crippen LogP contribution is -2.40. The molecule has 8 nitrogen and oxygen atoms in total. The monoisotopic (exact) mass is 427 g/mol. The van der Waals surface area contributed by atoms with E-state index in [1.54, 1.807) is 16.0 Å². The molecule has 2 aromatic rings. The first-order valence-electron chi connectivity index (χ1n) is 10.6. The molecule has 0 unspecified atom stereocenters. The number of amides is 2. The number of hydrogen-bond acceptors (Lipinski definition) is 6. The molecule has 2 amide bonds. The fraction of sp³-hybridized carbons (Fsp3) is 0.455. The first-order chi connectivity index (χ1) is 15.0. The average Bonchev–Trinajstić information content (AvgIpc) is 3.11. The summed E-state index contributed by atoms with van der Waals surface area (Å²) in [6.45, 7) is 6.07. The van der Waals surface area contributed by atoms with E-state index < -0.39 is 5.82 Å². The van der Waals surface area contributed by atoms with Crippen LogP contribution in [0.25, 0.3) is 0 Å². The molecule has 1 aromatic carbocycles. The molecule has 164 valence electrons. The number of morpholine rings is 1. The lowest BCUT2D eigenvalue weighted by atomic mass is 10.1. The van der Waals surface area contributed by atoms with E-state index in [-0.39, 0.29) is 35.9 Å². The van der Waals surface area contributed by atoms with Gasteiger partial charge in [-0.15, -0.1) is 0 Å². The Labute approximate surface area is 180 Å². The Kier molecular flexibility index (Phi) is 6.13. The first-order valence-corrected chi connectivity index (χ1v) is 10.6. The van der Waals surface area contributed by atoms with Crippen molar-refractivity contribution in [3.63, 3.8) is 0 Å². The van der Waals surface area contributed by atoms with Crippen molar-refractivity contribution in [3.8, 4) is 0 Å². The van der Waals surface area contributed by atoms with Gasteiger partial charge in [-0.05, 0) is 31.0 Å². The largest absolute Gasteiger partial charge is 0.378 e. The zero-order chi connectivity index (χ0) is 22.0. The third kappa shape index (κ3) is 4.23. The van der Waals surface area contributed by atoms with E-state index in [1.807, 2.05) is 13.8 Å². The van der Waals surface area contributed by atoms with Crippen LogP contribution in [0.4, 0.5) is 21.8 Å². The van der Waals surface area contributed by atoms with Crippen molar-refractivity contribution in [1.82, 2.24) is 14.9 Å². The fourth-order valence-corrected chi connectivity index (χ4v) is 4.01. The van der Waals surface area contributed by atoms with E-state index in [1.165, 1.54) is 18.2 Å². The maximum atomic E-state index is 14.5. The maximum absolute atomic E-state index is 14.5. The summed E-state index contributed by atoms with van der Waals surface area (Å²) in [6.07, 6.45) is 3.50. The van der Waals surface area contributed by atoms with Crippen LogP contribution in [0.1, 0.15) is 42.6 Å². The molecule has 3 heterocycles. The first kappa shape index (κ1) is 21.2. The van der Waals surface area contributed by atoms with E-state index in [0.29, 0.717) is 37.7 Å². The minimum Gasteiger partial charge on any atom is -0.378 e. The number of carbonyl (C=O) groups is 2. The van der Waals surface area contributed by atoms with E-state index >= 15 is 0 Å². The van der Waals surface area contributed by atoms with Gasteiger partial charge in [-0.3, -0.25) is 14.5 Å². The number of hydrogen-bond donors (Lipinski definition) is 1. The summed E-state index contributed by atoms with van der Waals surface area (Å²) < 4.78 is 19.8. The van der Waals surface area contributed by atoms with E-state index in [2.05, 4.69) is 15.3 Å². The van der Waals surface area contributed by atoms with Crippen molar-refractivity contribution in [2.24, 2.45) is 0 Å². The fourth-order valence-electron chi connectivity index (χ4n) is 4.01. The highest BCUT2D eigenvalue weighted by Crippen LogP contribution is 2.31. The van der Waals surface area contributed by atoms with Crippen LogP contribution in [-0.2, 0) is 16.0 Å². The van der Waals surface area contributed by atoms with Crippen molar-refractivity contribution < 1.29 is 18.7 Å². The number of benzene rings is 1. The highest BCUT2D eigenvalue weighted by atomic mass is 19.1. The molecule has 0 radical (unpaired) electrons. The van der Waals surface area contributed by atoms with Crippen LogP contribution in [0.15, 0.2) is 24.4 Å². The second-order valence-corrected chi connectivity index (χ2v) is 7.68. The third-order valence-corrected chi connectivity index (χ3v) is 5.75. The van der Waals surface area contributed by atoms with Crippen molar-refractivity contribution in [3.05, 3.63) is 41.3 Å². The Morgan fingerprint density at radius 1 is 1.26 bits per heavy atom. The third-order valence-electron chi connectivity index (χ3n) is 5.75. The van der Waals surface area contributed by atoms with Gasteiger partial charge in [0.05, 0.1) is 25.3 Å². The lowest BCUT2D eigenvalue weighted by Gasteiger charge is -2.27. The summed E-state index contributed by atoms with van der Waals surface area (Å²) in [5, 5.41) is 2.88. The molecule has 31 heavy (non-hydrogen) atoms. The summed E-state index contributed by atoms with van der Waals surface area (Å²) in [5.74, 6) is 0.0538. The van der Waals surface area contributed by atoms with Crippen molar-refractivity contribution in [1.29, 1.82) is 0 Å². The predicted octanol–water partition coefficient (Wildman–Crippen LogP) is 2.91. The lowest BCUT2D eigenvalue weighted by molar-refractivity contribution is -0.117. The molecule has 9 heteroatoms. The smallest absolute Gasteiger partial charge is 0.254 e. The molecule has 1 fully saturated rings. The van der Waals surface area contributed by atoms with Gasteiger partial charge in [0, 0.05) is 36.5 Å². The molecule has 0 aliphatic carbocycles. The highest BCUT2D eigenvalue weighted by molar-refractivity contribution is 6.00. The topological polar surface area (TPSA) is 87.7 Å². The van der Waals surface area contributed by atoms with Gasteiger partial charge in [-0.25, -0.2) is 9.37 Å². The van der Waals surface area contributed by atoms with E-state index in [9.17, 15) is 14.0 Å². The molecule has 0 bridgehead atoms. The van der Waals surface area contributed by atoms with Crippen LogP contribution < -0.4 is 10.2 Å². The molecule has 0 atom stereocenters. The Bertz CT molecular complexity index is 989. The second kappa shape index (κ2) is 8.97. The number of rotatable bonds is 6. The van der Waals surface area contributed by atoms with Crippen LogP contribution in [0.5, 0.6) is 0 Å². The van der Waals surface area contributed by atoms with Crippen LogP contribution in [0.2, 0.25) is 0 Å². The van der Waals surface area contributed by atoms with Crippen molar-refractivity contribution >= 4 is 29.3 Å². The summed E-state index contributed by atoms with van der Waals surface area (Å²) in [6, 6.07) is 4.24. The number of carbonyl (C=O) groups excluding carboxylic acids is 2. The molecule has 2 aliphatic rings. The number of ether oxygens (including phenoxy) is 1. The normalized spacial score (nSPS) is 16.1. The Hall–Kier alpha value is -3.07. The number of aromatic nitrogens is 2. The summed E-state index contributed by atoms with van der Waals surface area (Å²) in [4.78, 5) is 37.4. The maximum Gasteiger partial charge on any atom is 0.254 e. The van der Waals surface area contributed by atoms with Crippen LogP contribution >= 0.6 is 0 Å². The van der Waals surface area contributed by atoms with Gasteiger partial charge >= 0.3 is 0 Å². The highest BCUT2D eigenvalue weighted by Gasteiger charge is 2.33. The standard InChI is InChI=1S/C22H26FN5O3/c1-3-16(4-2)28-19(29)12-15-13-24-22(26-20(15)28)25-18-11-14(5-6-17(18)23)21(30)27-7-9-31-10-8-27/h5-6,11,13,16H,3-4,7-10,12H2,1-2H3,(H,24,25,26). The van der Waals surface area contributed by atoms with Gasteiger partial charge in [0.25, 0.3) is 5.91 Å². The number of halogens is 1. The molecule has 0 saturated carbocycles. The van der Waals surface area contributed by atoms with Gasteiger partial charge in [-0.1, -0.05) is 13.8 Å². The Balaban J connectivity index is 1.59.